The summed E-state index contributed by atoms with van der Waals surface area (Å²) in [5, 5.41) is 4.18. The second-order valence-corrected chi connectivity index (χ2v) is 4.68. The summed E-state index contributed by atoms with van der Waals surface area (Å²) in [6, 6.07) is 8.70. The average Bonchev–Trinajstić information content (AvgIpc) is 2.67. The first-order chi connectivity index (χ1) is 8.13. The maximum atomic E-state index is 4.18. The fraction of sp³-hybridized carbons (Fsp3) is 0.357. The summed E-state index contributed by atoms with van der Waals surface area (Å²) in [5.74, 6) is 0. The molecule has 1 aromatic heterocycles. The van der Waals surface area contributed by atoms with E-state index in [1.165, 1.54) is 16.7 Å². The van der Waals surface area contributed by atoms with Gasteiger partial charge in [0.25, 0.3) is 0 Å². The molecule has 0 saturated heterocycles. The van der Waals surface area contributed by atoms with E-state index in [1.807, 2.05) is 17.9 Å². The lowest BCUT2D eigenvalue weighted by molar-refractivity contribution is 0.319. The fourth-order valence-electron chi connectivity index (χ4n) is 1.93. The van der Waals surface area contributed by atoms with E-state index < -0.39 is 0 Å². The average molecular weight is 229 g/mol. The van der Waals surface area contributed by atoms with Gasteiger partial charge in [-0.05, 0) is 19.5 Å². The molecule has 0 saturated carbocycles. The van der Waals surface area contributed by atoms with Gasteiger partial charge in [-0.2, -0.15) is 5.10 Å². The highest BCUT2D eigenvalue weighted by atomic mass is 15.2. The maximum absolute atomic E-state index is 4.18. The molecule has 1 aromatic carbocycles. The molecule has 0 amide bonds. The molecule has 0 aliphatic heterocycles. The van der Waals surface area contributed by atoms with Gasteiger partial charge in [-0.15, -0.1) is 0 Å². The van der Waals surface area contributed by atoms with Crippen LogP contribution < -0.4 is 0 Å². The Kier molecular flexibility index (Phi) is 3.59. The van der Waals surface area contributed by atoms with Crippen molar-refractivity contribution in [3.8, 4) is 0 Å². The summed E-state index contributed by atoms with van der Waals surface area (Å²) in [6.07, 6.45) is 3.98. The Morgan fingerprint density at radius 1 is 1.12 bits per heavy atom. The van der Waals surface area contributed by atoms with Crippen LogP contribution in [0.15, 0.2) is 36.7 Å². The van der Waals surface area contributed by atoms with Crippen molar-refractivity contribution in [2.75, 3.05) is 7.05 Å². The van der Waals surface area contributed by atoms with Crippen LogP contribution in [0, 0.1) is 6.92 Å². The predicted octanol–water partition coefficient (Wildman–Crippen LogP) is 2.36. The molecule has 1 heterocycles. The molecule has 3 heteroatoms. The molecular formula is C14H19N3. The smallest absolute Gasteiger partial charge is 0.0534 e. The molecule has 2 aromatic rings. The first kappa shape index (κ1) is 11.9. The van der Waals surface area contributed by atoms with E-state index in [-0.39, 0.29) is 0 Å². The Morgan fingerprint density at radius 3 is 2.35 bits per heavy atom. The van der Waals surface area contributed by atoms with Crippen LogP contribution in [0.1, 0.15) is 16.7 Å². The number of aromatic nitrogens is 2. The molecule has 3 nitrogen and oxygen atoms in total. The molecule has 0 unspecified atom stereocenters. The van der Waals surface area contributed by atoms with Crippen molar-refractivity contribution in [2.45, 2.75) is 20.0 Å². The molecule has 0 spiro atoms. The summed E-state index contributed by atoms with van der Waals surface area (Å²) in [4.78, 5) is 2.29. The van der Waals surface area contributed by atoms with Crippen LogP contribution in [0.3, 0.4) is 0 Å². The molecule has 0 atom stereocenters. The SMILES string of the molecule is Cc1ccc(CN(C)Cc2cnn(C)c2)cc1. The summed E-state index contributed by atoms with van der Waals surface area (Å²) in [7, 11) is 4.08. The third-order valence-electron chi connectivity index (χ3n) is 2.78. The number of benzene rings is 1. The van der Waals surface area contributed by atoms with Crippen molar-refractivity contribution in [3.63, 3.8) is 0 Å². The lowest BCUT2D eigenvalue weighted by Crippen LogP contribution is -2.16. The van der Waals surface area contributed by atoms with Gasteiger partial charge in [0.05, 0.1) is 6.20 Å². The van der Waals surface area contributed by atoms with E-state index in [0.29, 0.717) is 0 Å². The Labute approximate surface area is 103 Å². The zero-order chi connectivity index (χ0) is 12.3. The van der Waals surface area contributed by atoms with Gasteiger partial charge < -0.3 is 0 Å². The Hall–Kier alpha value is -1.61. The van der Waals surface area contributed by atoms with E-state index in [2.05, 4.69) is 54.4 Å². The van der Waals surface area contributed by atoms with E-state index >= 15 is 0 Å². The zero-order valence-electron chi connectivity index (χ0n) is 10.7. The Balaban J connectivity index is 1.93. The van der Waals surface area contributed by atoms with E-state index in [0.717, 1.165) is 13.1 Å². The van der Waals surface area contributed by atoms with Gasteiger partial charge in [-0.3, -0.25) is 9.58 Å². The van der Waals surface area contributed by atoms with Gasteiger partial charge in [0.15, 0.2) is 0 Å². The number of hydrogen-bond donors (Lipinski definition) is 0. The van der Waals surface area contributed by atoms with Crippen LogP contribution >= 0.6 is 0 Å². The monoisotopic (exact) mass is 229 g/mol. The summed E-state index contributed by atoms with van der Waals surface area (Å²) < 4.78 is 1.84. The van der Waals surface area contributed by atoms with E-state index in [1.54, 1.807) is 0 Å². The minimum Gasteiger partial charge on any atom is -0.298 e. The van der Waals surface area contributed by atoms with Crippen molar-refractivity contribution in [1.29, 1.82) is 0 Å². The minimum absolute atomic E-state index is 0.932. The van der Waals surface area contributed by atoms with E-state index in [4.69, 9.17) is 0 Å². The quantitative estimate of drug-likeness (QED) is 0.802. The molecule has 0 radical (unpaired) electrons. The lowest BCUT2D eigenvalue weighted by Gasteiger charge is -2.15. The van der Waals surface area contributed by atoms with Crippen molar-refractivity contribution < 1.29 is 0 Å². The summed E-state index contributed by atoms with van der Waals surface area (Å²) in [5.41, 5.74) is 3.91. The topological polar surface area (TPSA) is 21.1 Å². The molecule has 0 fully saturated rings. The molecule has 0 N–H and O–H groups in total. The molecule has 90 valence electrons. The molecule has 0 aliphatic rings. The van der Waals surface area contributed by atoms with Crippen LogP contribution in [0.4, 0.5) is 0 Å². The zero-order valence-corrected chi connectivity index (χ0v) is 10.7. The molecule has 17 heavy (non-hydrogen) atoms. The molecule has 0 aliphatic carbocycles. The normalized spacial score (nSPS) is 11.1. The Morgan fingerprint density at radius 2 is 1.76 bits per heavy atom. The van der Waals surface area contributed by atoms with Crippen LogP contribution in [0.5, 0.6) is 0 Å². The van der Waals surface area contributed by atoms with Crippen LogP contribution in [0.2, 0.25) is 0 Å². The molecule has 0 bridgehead atoms. The lowest BCUT2D eigenvalue weighted by atomic mass is 10.1. The molecular weight excluding hydrogens is 210 g/mol. The Bertz CT molecular complexity index is 470. The van der Waals surface area contributed by atoms with Crippen molar-refractivity contribution in [2.24, 2.45) is 7.05 Å². The van der Waals surface area contributed by atoms with Crippen LogP contribution in [0.25, 0.3) is 0 Å². The molecule has 2 rings (SSSR count). The van der Waals surface area contributed by atoms with Crippen molar-refractivity contribution >= 4 is 0 Å². The first-order valence-electron chi connectivity index (χ1n) is 5.85. The summed E-state index contributed by atoms with van der Waals surface area (Å²) in [6.45, 7) is 4.01. The number of aryl methyl sites for hydroxylation is 2. The van der Waals surface area contributed by atoms with Crippen molar-refractivity contribution in [3.05, 3.63) is 53.3 Å². The van der Waals surface area contributed by atoms with E-state index in [9.17, 15) is 0 Å². The van der Waals surface area contributed by atoms with Crippen LogP contribution in [-0.4, -0.2) is 21.7 Å². The first-order valence-corrected chi connectivity index (χ1v) is 5.85. The summed E-state index contributed by atoms with van der Waals surface area (Å²) >= 11 is 0. The minimum atomic E-state index is 0.932. The van der Waals surface area contributed by atoms with Gasteiger partial charge in [-0.1, -0.05) is 29.8 Å². The van der Waals surface area contributed by atoms with Crippen molar-refractivity contribution in [1.82, 2.24) is 14.7 Å². The second kappa shape index (κ2) is 5.15. The van der Waals surface area contributed by atoms with Crippen LogP contribution in [-0.2, 0) is 20.1 Å². The number of rotatable bonds is 4. The van der Waals surface area contributed by atoms with Gasteiger partial charge in [0, 0.05) is 31.9 Å². The fourth-order valence-corrected chi connectivity index (χ4v) is 1.93. The predicted molar refractivity (Wildman–Crippen MR) is 69.6 cm³/mol. The highest BCUT2D eigenvalue weighted by Gasteiger charge is 2.03. The second-order valence-electron chi connectivity index (χ2n) is 4.68. The number of nitrogens with zero attached hydrogens (tertiary/aromatic N) is 3. The van der Waals surface area contributed by atoms with Gasteiger partial charge in [-0.25, -0.2) is 0 Å². The standard InChI is InChI=1S/C14H19N3/c1-12-4-6-13(7-5-12)9-16(2)10-14-8-15-17(3)11-14/h4-8,11H,9-10H2,1-3H3. The highest BCUT2D eigenvalue weighted by Crippen LogP contribution is 2.08. The largest absolute Gasteiger partial charge is 0.298 e. The van der Waals surface area contributed by atoms with Gasteiger partial charge in [0.1, 0.15) is 0 Å². The van der Waals surface area contributed by atoms with Gasteiger partial charge in [0.2, 0.25) is 0 Å². The highest BCUT2D eigenvalue weighted by molar-refractivity contribution is 5.21. The van der Waals surface area contributed by atoms with Gasteiger partial charge >= 0.3 is 0 Å². The third kappa shape index (κ3) is 3.43. The maximum Gasteiger partial charge on any atom is 0.0534 e. The number of hydrogen-bond acceptors (Lipinski definition) is 2. The third-order valence-corrected chi connectivity index (χ3v) is 2.78.